The van der Waals surface area contributed by atoms with E-state index in [2.05, 4.69) is 10.00 Å². The first-order valence-corrected chi connectivity index (χ1v) is 9.94. The molecule has 3 heterocycles. The average molecular weight is 450 g/mol. The van der Waals surface area contributed by atoms with Gasteiger partial charge in [0.25, 0.3) is 5.91 Å². The van der Waals surface area contributed by atoms with Crippen LogP contribution in [0.15, 0.2) is 12.3 Å². The summed E-state index contributed by atoms with van der Waals surface area (Å²) in [5.41, 5.74) is 0.549. The molecule has 0 bridgehead atoms. The van der Waals surface area contributed by atoms with Crippen molar-refractivity contribution in [2.45, 2.75) is 19.0 Å². The smallest absolute Gasteiger partial charge is 0.475 e. The van der Waals surface area contributed by atoms with Gasteiger partial charge in [0.1, 0.15) is 5.69 Å². The van der Waals surface area contributed by atoms with Crippen molar-refractivity contribution in [3.63, 3.8) is 0 Å². The molecular formula is C19H29F3N4O5. The lowest BCUT2D eigenvalue weighted by Gasteiger charge is -2.43. The number of halogens is 3. The van der Waals surface area contributed by atoms with Crippen molar-refractivity contribution in [3.05, 3.63) is 18.0 Å². The highest BCUT2D eigenvalue weighted by Gasteiger charge is 2.40. The van der Waals surface area contributed by atoms with Crippen LogP contribution < -0.4 is 0 Å². The minimum atomic E-state index is -5.08. The standard InChI is InChI=1S/C17H28N4O3.C2HF3O2/c1-19-7-4-15(18-19)16(22)21-6-3-5-17(13-21)12-20(8-10-23-2)9-11-24-14-17;3-2(4,5)1(6)7/h4,7H,3,5-6,8-14H2,1-2H3;(H,6,7). The Morgan fingerprint density at radius 3 is 2.61 bits per heavy atom. The summed E-state index contributed by atoms with van der Waals surface area (Å²) in [6, 6.07) is 1.79. The van der Waals surface area contributed by atoms with Gasteiger partial charge >= 0.3 is 12.1 Å². The lowest BCUT2D eigenvalue weighted by atomic mass is 9.80. The van der Waals surface area contributed by atoms with Crippen LogP contribution in [0.1, 0.15) is 23.3 Å². The maximum atomic E-state index is 12.8. The maximum Gasteiger partial charge on any atom is 0.490 e. The molecule has 0 saturated carbocycles. The number of alkyl halides is 3. The summed E-state index contributed by atoms with van der Waals surface area (Å²) in [5.74, 6) is -2.73. The van der Waals surface area contributed by atoms with Crippen molar-refractivity contribution in [3.8, 4) is 0 Å². The van der Waals surface area contributed by atoms with Gasteiger partial charge < -0.3 is 19.5 Å². The SMILES string of the molecule is COCCN1CCOCC2(CCCN(C(=O)c3ccn(C)n3)C2)C1.O=C(O)C(F)(F)F. The van der Waals surface area contributed by atoms with Crippen LogP contribution >= 0.6 is 0 Å². The van der Waals surface area contributed by atoms with Crippen LogP contribution in [-0.2, 0) is 21.3 Å². The van der Waals surface area contributed by atoms with E-state index in [4.69, 9.17) is 19.4 Å². The van der Waals surface area contributed by atoms with E-state index in [-0.39, 0.29) is 11.3 Å². The molecular weight excluding hydrogens is 421 g/mol. The molecule has 0 aliphatic carbocycles. The fourth-order valence-electron chi connectivity index (χ4n) is 3.81. The first-order chi connectivity index (χ1) is 14.6. The Hall–Kier alpha value is -2.18. The minimum Gasteiger partial charge on any atom is -0.475 e. The van der Waals surface area contributed by atoms with Gasteiger partial charge in [0.2, 0.25) is 0 Å². The van der Waals surface area contributed by atoms with E-state index in [1.54, 1.807) is 17.9 Å². The number of carboxylic acids is 1. The lowest BCUT2D eigenvalue weighted by molar-refractivity contribution is -0.192. The summed E-state index contributed by atoms with van der Waals surface area (Å²) in [5, 5.41) is 11.4. The van der Waals surface area contributed by atoms with Crippen LogP contribution in [0.2, 0.25) is 0 Å². The molecule has 1 aromatic heterocycles. The third-order valence-electron chi connectivity index (χ3n) is 5.25. The van der Waals surface area contributed by atoms with Crippen molar-refractivity contribution in [1.29, 1.82) is 0 Å². The molecule has 1 amide bonds. The molecule has 1 aromatic rings. The molecule has 9 nitrogen and oxygen atoms in total. The predicted molar refractivity (Wildman–Crippen MR) is 104 cm³/mol. The van der Waals surface area contributed by atoms with E-state index >= 15 is 0 Å². The number of carboxylic acid groups (broad SMARTS) is 1. The zero-order chi connectivity index (χ0) is 23.1. The van der Waals surface area contributed by atoms with Crippen LogP contribution in [0.4, 0.5) is 13.2 Å². The zero-order valence-electron chi connectivity index (χ0n) is 17.7. The monoisotopic (exact) mass is 450 g/mol. The minimum absolute atomic E-state index is 0.0208. The van der Waals surface area contributed by atoms with Crippen LogP contribution in [0.3, 0.4) is 0 Å². The summed E-state index contributed by atoms with van der Waals surface area (Å²) < 4.78 is 44.5. The number of hydrogen-bond donors (Lipinski definition) is 1. The van der Waals surface area contributed by atoms with Gasteiger partial charge in [-0.15, -0.1) is 0 Å². The molecule has 1 unspecified atom stereocenters. The molecule has 3 rings (SSSR count). The number of amides is 1. The zero-order valence-corrected chi connectivity index (χ0v) is 17.7. The van der Waals surface area contributed by atoms with Gasteiger partial charge in [-0.1, -0.05) is 0 Å². The summed E-state index contributed by atoms with van der Waals surface area (Å²) in [6.07, 6.45) is -1.16. The Kier molecular flexibility index (Phi) is 8.83. The fraction of sp³-hybridized carbons (Fsp3) is 0.737. The van der Waals surface area contributed by atoms with E-state index in [0.717, 1.165) is 65.4 Å². The van der Waals surface area contributed by atoms with Crippen LogP contribution in [0.5, 0.6) is 0 Å². The average Bonchev–Trinajstić information content (AvgIpc) is 3.05. The quantitative estimate of drug-likeness (QED) is 0.738. The summed E-state index contributed by atoms with van der Waals surface area (Å²) in [7, 11) is 3.57. The molecule has 1 N–H and O–H groups in total. The second kappa shape index (κ2) is 10.9. The number of likely N-dealkylation sites (tertiary alicyclic amines) is 1. The molecule has 31 heavy (non-hydrogen) atoms. The van der Waals surface area contributed by atoms with Gasteiger partial charge in [-0.25, -0.2) is 4.79 Å². The predicted octanol–water partition coefficient (Wildman–Crippen LogP) is 1.25. The van der Waals surface area contributed by atoms with Crippen LogP contribution in [-0.4, -0.2) is 102 Å². The second-order valence-corrected chi connectivity index (χ2v) is 7.83. The molecule has 2 aliphatic rings. The highest BCUT2D eigenvalue weighted by Crippen LogP contribution is 2.33. The highest BCUT2D eigenvalue weighted by atomic mass is 19.4. The molecule has 0 aromatic carbocycles. The number of aryl methyl sites for hydroxylation is 1. The van der Waals surface area contributed by atoms with E-state index in [1.165, 1.54) is 0 Å². The Morgan fingerprint density at radius 1 is 1.32 bits per heavy atom. The number of piperidine rings is 1. The third-order valence-corrected chi connectivity index (χ3v) is 5.25. The van der Waals surface area contributed by atoms with Crippen LogP contribution in [0.25, 0.3) is 0 Å². The molecule has 2 saturated heterocycles. The van der Waals surface area contributed by atoms with Crippen molar-refractivity contribution in [2.75, 3.05) is 59.7 Å². The van der Waals surface area contributed by atoms with Crippen molar-refractivity contribution >= 4 is 11.9 Å². The maximum absolute atomic E-state index is 12.8. The number of methoxy groups -OCH3 is 1. The Morgan fingerprint density at radius 2 is 2.03 bits per heavy atom. The van der Waals surface area contributed by atoms with E-state index < -0.39 is 12.1 Å². The van der Waals surface area contributed by atoms with Gasteiger partial charge in [-0.2, -0.15) is 18.3 Å². The molecule has 176 valence electrons. The van der Waals surface area contributed by atoms with Gasteiger partial charge in [-0.05, 0) is 18.9 Å². The number of nitrogens with zero attached hydrogens (tertiary/aromatic N) is 4. The number of hydrogen-bond acceptors (Lipinski definition) is 6. The number of ether oxygens (including phenoxy) is 2. The first-order valence-electron chi connectivity index (χ1n) is 9.94. The van der Waals surface area contributed by atoms with Gasteiger partial charge in [0, 0.05) is 58.5 Å². The lowest BCUT2D eigenvalue weighted by Crippen LogP contribution is -2.52. The Bertz CT molecular complexity index is 742. The summed E-state index contributed by atoms with van der Waals surface area (Å²) in [4.78, 5) is 26.0. The molecule has 2 aliphatic heterocycles. The Balaban J connectivity index is 0.000000423. The number of rotatable bonds is 4. The largest absolute Gasteiger partial charge is 0.490 e. The van der Waals surface area contributed by atoms with E-state index in [0.29, 0.717) is 5.69 Å². The van der Waals surface area contributed by atoms with Crippen LogP contribution in [0, 0.1) is 5.41 Å². The molecule has 12 heteroatoms. The van der Waals surface area contributed by atoms with Gasteiger partial charge in [0.15, 0.2) is 0 Å². The van der Waals surface area contributed by atoms with Gasteiger partial charge in [-0.3, -0.25) is 14.4 Å². The van der Waals surface area contributed by atoms with Crippen molar-refractivity contribution < 1.29 is 37.3 Å². The topological polar surface area (TPSA) is 97.1 Å². The van der Waals surface area contributed by atoms with Crippen molar-refractivity contribution in [2.24, 2.45) is 12.5 Å². The number of aliphatic carboxylic acids is 1. The van der Waals surface area contributed by atoms with Gasteiger partial charge in [0.05, 0.1) is 19.8 Å². The number of carbonyl (C=O) groups is 2. The third kappa shape index (κ3) is 7.47. The Labute approximate surface area is 178 Å². The summed E-state index contributed by atoms with van der Waals surface area (Å²) >= 11 is 0. The molecule has 1 spiro atoms. The summed E-state index contributed by atoms with van der Waals surface area (Å²) in [6.45, 7) is 6.55. The van der Waals surface area contributed by atoms with E-state index in [1.807, 2.05) is 18.1 Å². The van der Waals surface area contributed by atoms with Crippen molar-refractivity contribution in [1.82, 2.24) is 19.6 Å². The molecule has 0 radical (unpaired) electrons. The van der Waals surface area contributed by atoms with E-state index in [9.17, 15) is 18.0 Å². The molecule has 2 fully saturated rings. The second-order valence-electron chi connectivity index (χ2n) is 7.83. The molecule has 1 atom stereocenters. The highest BCUT2D eigenvalue weighted by molar-refractivity contribution is 5.92. The fourth-order valence-corrected chi connectivity index (χ4v) is 3.81. The number of carbonyl (C=O) groups excluding carboxylic acids is 1. The normalized spacial score (nSPS) is 22.5. The first kappa shape index (κ1) is 25.1. The number of aromatic nitrogens is 2.